The van der Waals surface area contributed by atoms with E-state index in [4.69, 9.17) is 0 Å². The van der Waals surface area contributed by atoms with E-state index in [1.54, 1.807) is 11.9 Å². The Morgan fingerprint density at radius 3 is 2.54 bits per heavy atom. The lowest BCUT2D eigenvalue weighted by molar-refractivity contribution is -0.125. The van der Waals surface area contributed by atoms with Crippen LogP contribution in [0.5, 0.6) is 0 Å². The van der Waals surface area contributed by atoms with E-state index in [1.807, 2.05) is 53.4 Å². The van der Waals surface area contributed by atoms with Crippen LogP contribution < -0.4 is 10.6 Å². The van der Waals surface area contributed by atoms with E-state index < -0.39 is 5.54 Å². The standard InChI is InChI=1S/C28H31N5O4/c1-31-26(36)30-25(35)28(31)13-20-8-9-22(12-21(20)14-28)29-24(34)17-32(15-18-5-3-2-4-6-18)27(37)33-16-19-7-10-23(33)11-19/h2-6,8-9,12,19,23H,7,10-11,13-17H2,1H3,(H,29,34)(H,30,35,36)/t19?,23?,28-/m0/s1. The van der Waals surface area contributed by atoms with E-state index in [9.17, 15) is 19.2 Å². The maximum Gasteiger partial charge on any atom is 0.324 e. The molecule has 1 saturated carbocycles. The number of piperidine rings is 1. The van der Waals surface area contributed by atoms with Gasteiger partial charge in [-0.05, 0) is 54.0 Å². The molecule has 0 radical (unpaired) electrons. The van der Waals surface area contributed by atoms with Gasteiger partial charge in [-0.1, -0.05) is 36.4 Å². The summed E-state index contributed by atoms with van der Waals surface area (Å²) < 4.78 is 0. The van der Waals surface area contributed by atoms with Gasteiger partial charge in [0.15, 0.2) is 0 Å². The van der Waals surface area contributed by atoms with Gasteiger partial charge in [0.2, 0.25) is 5.91 Å². The van der Waals surface area contributed by atoms with Gasteiger partial charge in [-0.15, -0.1) is 0 Å². The van der Waals surface area contributed by atoms with Gasteiger partial charge in [-0.3, -0.25) is 14.9 Å². The molecule has 2 bridgehead atoms. The Balaban J connectivity index is 1.16. The van der Waals surface area contributed by atoms with Crippen LogP contribution in [0.1, 0.15) is 36.0 Å². The van der Waals surface area contributed by atoms with Gasteiger partial charge in [-0.2, -0.15) is 0 Å². The number of fused-ring (bicyclic) bond motifs is 3. The summed E-state index contributed by atoms with van der Waals surface area (Å²) in [5, 5.41) is 5.35. The largest absolute Gasteiger partial charge is 0.325 e. The van der Waals surface area contributed by atoms with Crippen molar-refractivity contribution < 1.29 is 19.2 Å². The van der Waals surface area contributed by atoms with E-state index in [2.05, 4.69) is 10.6 Å². The van der Waals surface area contributed by atoms with E-state index in [0.717, 1.165) is 36.1 Å². The van der Waals surface area contributed by atoms with Crippen LogP contribution in [0.4, 0.5) is 15.3 Å². The van der Waals surface area contributed by atoms with Gasteiger partial charge in [0.25, 0.3) is 5.91 Å². The van der Waals surface area contributed by atoms with Crippen LogP contribution in [0.2, 0.25) is 0 Å². The first-order valence-corrected chi connectivity index (χ1v) is 12.9. The topological polar surface area (TPSA) is 102 Å². The molecular weight excluding hydrogens is 470 g/mol. The number of nitrogens with one attached hydrogen (secondary N) is 2. The maximum absolute atomic E-state index is 13.5. The zero-order valence-corrected chi connectivity index (χ0v) is 20.9. The number of hydrogen-bond acceptors (Lipinski definition) is 4. The minimum absolute atomic E-state index is 0.0533. The highest BCUT2D eigenvalue weighted by molar-refractivity contribution is 6.07. The smallest absolute Gasteiger partial charge is 0.324 e. The highest BCUT2D eigenvalue weighted by atomic mass is 16.2. The Bertz CT molecular complexity index is 1280. The average molecular weight is 502 g/mol. The summed E-state index contributed by atoms with van der Waals surface area (Å²) in [4.78, 5) is 56.3. The van der Waals surface area contributed by atoms with Crippen LogP contribution in [-0.2, 0) is 29.0 Å². The summed E-state index contributed by atoms with van der Waals surface area (Å²) in [5.41, 5.74) is 2.60. The molecular formula is C28H31N5O4. The van der Waals surface area contributed by atoms with Crippen molar-refractivity contribution in [3.63, 3.8) is 0 Å². The average Bonchev–Trinajstić information content (AvgIpc) is 3.65. The number of benzene rings is 2. The molecule has 0 aromatic heterocycles. The lowest BCUT2D eigenvalue weighted by Crippen LogP contribution is -2.48. The molecule has 6 rings (SSSR count). The van der Waals surface area contributed by atoms with Crippen molar-refractivity contribution in [2.75, 3.05) is 25.5 Å². The summed E-state index contributed by atoms with van der Waals surface area (Å²) >= 11 is 0. The number of imide groups is 1. The molecule has 4 aliphatic rings. The maximum atomic E-state index is 13.5. The van der Waals surface area contributed by atoms with Crippen LogP contribution >= 0.6 is 0 Å². The Kier molecular flexibility index (Phi) is 5.66. The molecule has 9 heteroatoms. The van der Waals surface area contributed by atoms with Crippen LogP contribution in [0, 0.1) is 5.92 Å². The van der Waals surface area contributed by atoms with Gasteiger partial charge in [0.1, 0.15) is 12.1 Å². The zero-order valence-electron chi connectivity index (χ0n) is 20.9. The molecule has 2 aromatic carbocycles. The minimum Gasteiger partial charge on any atom is -0.325 e. The number of urea groups is 2. The highest BCUT2D eigenvalue weighted by Gasteiger charge is 2.54. The second-order valence-electron chi connectivity index (χ2n) is 10.8. The molecule has 3 atom stereocenters. The molecule has 2 aliphatic carbocycles. The third kappa shape index (κ3) is 4.12. The van der Waals surface area contributed by atoms with E-state index in [1.165, 1.54) is 11.3 Å². The first-order chi connectivity index (χ1) is 17.8. The number of carbonyl (C=O) groups excluding carboxylic acids is 4. The summed E-state index contributed by atoms with van der Waals surface area (Å²) in [6.07, 6.45) is 4.13. The second-order valence-corrected chi connectivity index (χ2v) is 10.8. The van der Waals surface area contributed by atoms with Crippen molar-refractivity contribution in [3.05, 3.63) is 65.2 Å². The van der Waals surface area contributed by atoms with Crippen molar-refractivity contribution in [1.29, 1.82) is 0 Å². The number of anilines is 1. The second kappa shape index (κ2) is 8.90. The molecule has 2 N–H and O–H groups in total. The quantitative estimate of drug-likeness (QED) is 0.615. The van der Waals surface area contributed by atoms with Gasteiger partial charge >= 0.3 is 12.1 Å². The fourth-order valence-electron chi connectivity index (χ4n) is 6.48. The number of hydrogen-bond donors (Lipinski definition) is 2. The van der Waals surface area contributed by atoms with Crippen LogP contribution in [0.25, 0.3) is 0 Å². The normalized spacial score (nSPS) is 25.5. The Hall–Kier alpha value is -3.88. The monoisotopic (exact) mass is 501 g/mol. The number of likely N-dealkylation sites (N-methyl/N-ethyl adjacent to an activating group) is 1. The Morgan fingerprint density at radius 2 is 1.86 bits per heavy atom. The fraction of sp³-hybridized carbons (Fsp3) is 0.429. The van der Waals surface area contributed by atoms with Crippen molar-refractivity contribution in [3.8, 4) is 0 Å². The van der Waals surface area contributed by atoms with E-state index in [0.29, 0.717) is 31.0 Å². The Morgan fingerprint density at radius 1 is 1.08 bits per heavy atom. The van der Waals surface area contributed by atoms with E-state index >= 15 is 0 Å². The summed E-state index contributed by atoms with van der Waals surface area (Å²) in [7, 11) is 1.64. The third-order valence-electron chi connectivity index (χ3n) is 8.52. The fourth-order valence-corrected chi connectivity index (χ4v) is 6.48. The van der Waals surface area contributed by atoms with Crippen molar-refractivity contribution in [2.24, 2.45) is 5.92 Å². The minimum atomic E-state index is -0.907. The summed E-state index contributed by atoms with van der Waals surface area (Å²) in [6.45, 7) is 1.08. The molecule has 6 amide bonds. The van der Waals surface area contributed by atoms with Gasteiger partial charge in [0.05, 0.1) is 0 Å². The zero-order chi connectivity index (χ0) is 25.7. The molecule has 2 aromatic rings. The van der Waals surface area contributed by atoms with Crippen LogP contribution in [0.15, 0.2) is 48.5 Å². The van der Waals surface area contributed by atoms with Gasteiger partial charge < -0.3 is 20.0 Å². The lowest BCUT2D eigenvalue weighted by atomic mass is 9.95. The van der Waals surface area contributed by atoms with Crippen LogP contribution in [-0.4, -0.2) is 70.3 Å². The first kappa shape index (κ1) is 23.5. The SMILES string of the molecule is CN1C(=O)NC(=O)[C@@]12Cc1ccc(NC(=O)CN(Cc3ccccc3)C(=O)N3CC4CCC3C4)cc1C2. The molecule has 9 nitrogen and oxygen atoms in total. The molecule has 37 heavy (non-hydrogen) atoms. The predicted octanol–water partition coefficient (Wildman–Crippen LogP) is 2.75. The molecule has 2 saturated heterocycles. The summed E-state index contributed by atoms with van der Waals surface area (Å²) in [6, 6.07) is 15.1. The lowest BCUT2D eigenvalue weighted by Gasteiger charge is -2.33. The Labute approximate surface area is 215 Å². The summed E-state index contributed by atoms with van der Waals surface area (Å²) in [5.74, 6) is 0.0204. The number of amides is 6. The number of nitrogens with zero attached hydrogens (tertiary/aromatic N) is 3. The predicted molar refractivity (Wildman–Crippen MR) is 137 cm³/mol. The molecule has 2 unspecified atom stereocenters. The van der Waals surface area contributed by atoms with E-state index in [-0.39, 0.29) is 36.5 Å². The highest BCUT2D eigenvalue weighted by Crippen LogP contribution is 2.39. The van der Waals surface area contributed by atoms with Crippen LogP contribution in [0.3, 0.4) is 0 Å². The van der Waals surface area contributed by atoms with Gasteiger partial charge in [0, 0.05) is 44.7 Å². The molecule has 3 fully saturated rings. The third-order valence-corrected chi connectivity index (χ3v) is 8.52. The molecule has 1 spiro atoms. The molecule has 2 heterocycles. The number of likely N-dealkylation sites (tertiary alicyclic amines) is 1. The van der Waals surface area contributed by atoms with Crippen molar-refractivity contribution in [1.82, 2.24) is 20.0 Å². The van der Waals surface area contributed by atoms with Crippen molar-refractivity contribution in [2.45, 2.75) is 50.2 Å². The molecule has 192 valence electrons. The number of carbonyl (C=O) groups is 4. The van der Waals surface area contributed by atoms with Gasteiger partial charge in [-0.25, -0.2) is 9.59 Å². The van der Waals surface area contributed by atoms with Crippen molar-refractivity contribution >= 4 is 29.6 Å². The number of rotatable bonds is 5. The molecule has 2 aliphatic heterocycles. The first-order valence-electron chi connectivity index (χ1n) is 12.9.